The summed E-state index contributed by atoms with van der Waals surface area (Å²) in [6.45, 7) is 6.21. The summed E-state index contributed by atoms with van der Waals surface area (Å²) in [6.07, 6.45) is 2.18. The molecule has 1 unspecified atom stereocenters. The van der Waals surface area contributed by atoms with Crippen molar-refractivity contribution in [3.05, 3.63) is 29.5 Å². The van der Waals surface area contributed by atoms with E-state index in [1.807, 2.05) is 18.4 Å². The zero-order chi connectivity index (χ0) is 18.1. The first kappa shape index (κ1) is 16.6. The fourth-order valence-electron chi connectivity index (χ4n) is 2.60. The molecule has 26 heavy (non-hydrogen) atoms. The van der Waals surface area contributed by atoms with Gasteiger partial charge in [0.2, 0.25) is 11.7 Å². The molecule has 4 heterocycles. The number of rotatable bonds is 6. The lowest BCUT2D eigenvalue weighted by Gasteiger charge is -2.19. The average Bonchev–Trinajstić information content (AvgIpc) is 3.39. The van der Waals surface area contributed by atoms with Crippen LogP contribution in [0.15, 0.2) is 22.3 Å². The molecule has 0 fully saturated rings. The average molecular weight is 370 g/mol. The van der Waals surface area contributed by atoms with Crippen molar-refractivity contribution in [2.75, 3.05) is 5.32 Å². The van der Waals surface area contributed by atoms with Crippen LogP contribution in [0.25, 0.3) is 21.9 Å². The number of nitrogens with zero attached hydrogens (tertiary/aromatic N) is 6. The normalized spacial score (nSPS) is 12.8. The van der Waals surface area contributed by atoms with Gasteiger partial charge in [-0.25, -0.2) is 15.0 Å². The molecule has 0 aliphatic carbocycles. The first-order valence-corrected chi connectivity index (χ1v) is 9.23. The second-order valence-corrected chi connectivity index (χ2v) is 7.03. The van der Waals surface area contributed by atoms with E-state index in [1.54, 1.807) is 11.3 Å². The van der Waals surface area contributed by atoms with Gasteiger partial charge in [-0.15, -0.1) is 11.3 Å². The van der Waals surface area contributed by atoms with Crippen molar-refractivity contribution in [3.8, 4) is 11.6 Å². The van der Waals surface area contributed by atoms with Crippen LogP contribution >= 0.6 is 11.3 Å². The molecule has 4 aromatic heterocycles. The molecule has 10 heteroatoms. The second-order valence-electron chi connectivity index (χ2n) is 6.14. The molecular weight excluding hydrogens is 352 g/mol. The Morgan fingerprint density at radius 1 is 1.27 bits per heavy atom. The zero-order valence-electron chi connectivity index (χ0n) is 14.6. The molecule has 0 aliphatic heterocycles. The van der Waals surface area contributed by atoms with Crippen LogP contribution in [0.5, 0.6) is 0 Å². The maximum atomic E-state index is 5.48. The van der Waals surface area contributed by atoms with E-state index in [-0.39, 0.29) is 12.0 Å². The van der Waals surface area contributed by atoms with Crippen molar-refractivity contribution in [2.24, 2.45) is 5.92 Å². The highest BCUT2D eigenvalue weighted by atomic mass is 32.1. The van der Waals surface area contributed by atoms with Crippen LogP contribution in [0.1, 0.15) is 38.5 Å². The molecule has 0 amide bonds. The maximum Gasteiger partial charge on any atom is 0.249 e. The first-order valence-electron chi connectivity index (χ1n) is 8.35. The minimum absolute atomic E-state index is 0.193. The molecule has 0 saturated carbocycles. The van der Waals surface area contributed by atoms with Crippen molar-refractivity contribution in [1.29, 1.82) is 0 Å². The molecule has 134 valence electrons. The molecular formula is C16H18N8OS. The van der Waals surface area contributed by atoms with Crippen molar-refractivity contribution in [2.45, 2.75) is 33.2 Å². The van der Waals surface area contributed by atoms with E-state index in [1.165, 1.54) is 6.33 Å². The molecule has 0 radical (unpaired) electrons. The first-order chi connectivity index (χ1) is 12.7. The third-order valence-corrected chi connectivity index (χ3v) is 4.79. The molecule has 2 N–H and O–H groups in total. The van der Waals surface area contributed by atoms with E-state index < -0.39 is 0 Å². The summed E-state index contributed by atoms with van der Waals surface area (Å²) in [6, 6.07) is 1.83. The number of hydrogen-bond donors (Lipinski definition) is 2. The highest BCUT2D eigenvalue weighted by Crippen LogP contribution is 2.31. The van der Waals surface area contributed by atoms with Crippen LogP contribution in [0.3, 0.4) is 0 Å². The molecule has 9 nitrogen and oxygen atoms in total. The van der Waals surface area contributed by atoms with Crippen LogP contribution in [-0.4, -0.2) is 35.3 Å². The Labute approximate surface area is 153 Å². The number of thiophene rings is 1. The van der Waals surface area contributed by atoms with Crippen LogP contribution in [-0.2, 0) is 6.42 Å². The highest BCUT2D eigenvalue weighted by Gasteiger charge is 2.25. The summed E-state index contributed by atoms with van der Waals surface area (Å²) in [4.78, 5) is 18.7. The van der Waals surface area contributed by atoms with Gasteiger partial charge in [0, 0.05) is 6.42 Å². The molecule has 0 aliphatic rings. The number of aryl methyl sites for hydroxylation is 1. The van der Waals surface area contributed by atoms with E-state index >= 15 is 0 Å². The summed E-state index contributed by atoms with van der Waals surface area (Å²) in [7, 11) is 0. The number of H-pyrrole nitrogens is 1. The molecule has 0 aromatic carbocycles. The topological polar surface area (TPSA) is 118 Å². The Balaban J connectivity index is 1.69. The van der Waals surface area contributed by atoms with Crippen LogP contribution in [0.2, 0.25) is 0 Å². The zero-order valence-corrected chi connectivity index (χ0v) is 15.4. The van der Waals surface area contributed by atoms with E-state index in [9.17, 15) is 0 Å². The third-order valence-electron chi connectivity index (χ3n) is 3.98. The smallest absolute Gasteiger partial charge is 0.249 e. The van der Waals surface area contributed by atoms with Crippen molar-refractivity contribution >= 4 is 27.4 Å². The Morgan fingerprint density at radius 3 is 2.88 bits per heavy atom. The summed E-state index contributed by atoms with van der Waals surface area (Å²) < 4.78 is 5.48. The lowest BCUT2D eigenvalue weighted by atomic mass is 10.0. The van der Waals surface area contributed by atoms with Crippen molar-refractivity contribution < 1.29 is 4.52 Å². The fraction of sp³-hybridized carbons (Fsp3) is 0.375. The highest BCUT2D eigenvalue weighted by molar-refractivity contribution is 7.16. The standard InChI is InChI=1S/C16H18N8OS/c1-4-10-19-12(9-5-6-26-16(9)20-10)21-11(8(2)3)15-22-14(24-25-15)13-17-7-18-23-13/h5-8,11H,4H2,1-3H3,(H,17,18,23)(H,19,20,21). The van der Waals surface area contributed by atoms with Gasteiger partial charge >= 0.3 is 0 Å². The lowest BCUT2D eigenvalue weighted by Crippen LogP contribution is -2.18. The van der Waals surface area contributed by atoms with Gasteiger partial charge in [-0.2, -0.15) is 10.1 Å². The van der Waals surface area contributed by atoms with Gasteiger partial charge in [0.15, 0.2) is 5.82 Å². The minimum atomic E-state index is -0.193. The molecule has 1 atom stereocenters. The molecule has 4 rings (SSSR count). The van der Waals surface area contributed by atoms with E-state index in [0.717, 1.165) is 28.3 Å². The van der Waals surface area contributed by atoms with E-state index in [4.69, 9.17) is 4.52 Å². The summed E-state index contributed by atoms with van der Waals surface area (Å²) in [5.41, 5.74) is 0. The van der Waals surface area contributed by atoms with Gasteiger partial charge in [-0.3, -0.25) is 5.10 Å². The monoisotopic (exact) mass is 370 g/mol. The fourth-order valence-corrected chi connectivity index (χ4v) is 3.38. The number of fused-ring (bicyclic) bond motifs is 1. The Morgan fingerprint density at radius 2 is 2.15 bits per heavy atom. The predicted molar refractivity (Wildman–Crippen MR) is 97.7 cm³/mol. The molecule has 0 spiro atoms. The minimum Gasteiger partial charge on any atom is -0.358 e. The Kier molecular flexibility index (Phi) is 4.33. The number of nitrogens with one attached hydrogen (secondary N) is 2. The molecule has 0 bridgehead atoms. The Hall–Kier alpha value is -2.88. The van der Waals surface area contributed by atoms with E-state index in [0.29, 0.717) is 17.5 Å². The number of aromatic amines is 1. The van der Waals surface area contributed by atoms with Gasteiger partial charge < -0.3 is 9.84 Å². The van der Waals surface area contributed by atoms with Gasteiger partial charge in [-0.1, -0.05) is 25.9 Å². The van der Waals surface area contributed by atoms with Crippen molar-refractivity contribution in [1.82, 2.24) is 35.3 Å². The summed E-state index contributed by atoms with van der Waals surface area (Å²) in [5, 5.41) is 17.0. The maximum absolute atomic E-state index is 5.48. The van der Waals surface area contributed by atoms with Gasteiger partial charge in [-0.05, 0) is 17.4 Å². The van der Waals surface area contributed by atoms with Crippen LogP contribution in [0, 0.1) is 5.92 Å². The molecule has 0 saturated heterocycles. The summed E-state index contributed by atoms with van der Waals surface area (Å²) >= 11 is 1.60. The molecule has 4 aromatic rings. The van der Waals surface area contributed by atoms with Gasteiger partial charge in [0.05, 0.1) is 5.39 Å². The quantitative estimate of drug-likeness (QED) is 0.531. The Bertz CT molecular complexity index is 1010. The van der Waals surface area contributed by atoms with Crippen LogP contribution in [0.4, 0.5) is 5.82 Å². The number of anilines is 1. The largest absolute Gasteiger partial charge is 0.358 e. The SMILES string of the molecule is CCc1nc(NC(c2nc(-c3ncn[nH]3)no2)C(C)C)c2ccsc2n1. The summed E-state index contributed by atoms with van der Waals surface area (Å²) in [5.74, 6) is 3.11. The van der Waals surface area contributed by atoms with Crippen molar-refractivity contribution in [3.63, 3.8) is 0 Å². The second kappa shape index (κ2) is 6.79. The van der Waals surface area contributed by atoms with Gasteiger partial charge in [0.25, 0.3) is 0 Å². The lowest BCUT2D eigenvalue weighted by molar-refractivity contribution is 0.335. The third kappa shape index (κ3) is 3.03. The number of aromatic nitrogens is 7. The van der Waals surface area contributed by atoms with E-state index in [2.05, 4.69) is 54.5 Å². The van der Waals surface area contributed by atoms with Gasteiger partial charge in [0.1, 0.15) is 28.8 Å². The predicted octanol–water partition coefficient (Wildman–Crippen LogP) is 3.23. The number of hydrogen-bond acceptors (Lipinski definition) is 9. The van der Waals surface area contributed by atoms with Crippen LogP contribution < -0.4 is 5.32 Å².